The summed E-state index contributed by atoms with van der Waals surface area (Å²) in [5.41, 5.74) is 0. The summed E-state index contributed by atoms with van der Waals surface area (Å²) in [6.07, 6.45) is -6.61. The molecule has 0 aromatic heterocycles. The van der Waals surface area contributed by atoms with Crippen molar-refractivity contribution >= 4 is 12.6 Å². The molecule has 0 radical (unpaired) electrons. The molecular weight excluding hydrogens is 264 g/mol. The molecule has 0 aromatic carbocycles. The second-order valence-corrected chi connectivity index (χ2v) is 3.59. The summed E-state index contributed by atoms with van der Waals surface area (Å²) in [6.45, 7) is -1.21. The normalized spacial score (nSPS) is 18.3. The Labute approximate surface area is 109 Å². The maximum absolute atomic E-state index is 9.76. The van der Waals surface area contributed by atoms with Crippen molar-refractivity contribution in [1.29, 1.82) is 0 Å². The summed E-state index contributed by atoms with van der Waals surface area (Å²) in [5, 5.41) is 59.5. The molecule has 9 heteroatoms. The maximum Gasteiger partial charge on any atom is 0.151 e. The molecular formula is C10H20O9. The van der Waals surface area contributed by atoms with E-state index in [2.05, 4.69) is 0 Å². The van der Waals surface area contributed by atoms with Crippen LogP contribution in [0.15, 0.2) is 0 Å². The Bertz CT molecular complexity index is 235. The van der Waals surface area contributed by atoms with Gasteiger partial charge in [-0.2, -0.15) is 0 Å². The number of carbonyl (C=O) groups is 2. The van der Waals surface area contributed by atoms with Gasteiger partial charge in [-0.1, -0.05) is 0 Å². The largest absolute Gasteiger partial charge is 0.394 e. The molecule has 0 saturated heterocycles. The van der Waals surface area contributed by atoms with Crippen LogP contribution in [0, 0.1) is 0 Å². The molecule has 0 aromatic rings. The zero-order valence-corrected chi connectivity index (χ0v) is 10.1. The van der Waals surface area contributed by atoms with Crippen LogP contribution in [-0.2, 0) is 9.59 Å². The van der Waals surface area contributed by atoms with E-state index in [0.717, 1.165) is 0 Å². The van der Waals surface area contributed by atoms with Crippen molar-refractivity contribution in [2.45, 2.75) is 36.9 Å². The lowest BCUT2D eigenvalue weighted by molar-refractivity contribution is -0.127. The lowest BCUT2D eigenvalue weighted by Crippen LogP contribution is -2.40. The van der Waals surface area contributed by atoms with Crippen LogP contribution in [0.5, 0.6) is 0 Å². The average molecular weight is 284 g/mol. The topological polar surface area (TPSA) is 176 Å². The Balaban J connectivity index is 0. The molecule has 5 unspecified atom stereocenters. The molecule has 9 nitrogen and oxygen atoms in total. The summed E-state index contributed by atoms with van der Waals surface area (Å²) < 4.78 is 0. The van der Waals surface area contributed by atoms with E-state index in [1.165, 1.54) is 0 Å². The van der Waals surface area contributed by atoms with E-state index in [-0.39, 0.29) is 12.7 Å². The minimum absolute atomic E-state index is 0.0869. The molecule has 0 heterocycles. The number of aliphatic hydroxyl groups excluding tert-OH is 7. The predicted octanol–water partition coefficient (Wildman–Crippen LogP) is -4.45. The zero-order valence-electron chi connectivity index (χ0n) is 10.1. The second-order valence-electron chi connectivity index (χ2n) is 3.59. The van der Waals surface area contributed by atoms with Crippen LogP contribution in [0.4, 0.5) is 0 Å². The molecule has 0 aliphatic heterocycles. The highest BCUT2D eigenvalue weighted by atomic mass is 16.4. The number of aliphatic hydroxyl groups is 7. The first-order chi connectivity index (χ1) is 8.85. The Morgan fingerprint density at radius 2 is 1.26 bits per heavy atom. The van der Waals surface area contributed by atoms with Gasteiger partial charge in [-0.05, 0) is 0 Å². The van der Waals surface area contributed by atoms with Gasteiger partial charge >= 0.3 is 0 Å². The highest BCUT2D eigenvalue weighted by Gasteiger charge is 2.22. The molecule has 114 valence electrons. The van der Waals surface area contributed by atoms with Gasteiger partial charge in [0.2, 0.25) is 0 Å². The van der Waals surface area contributed by atoms with Gasteiger partial charge in [-0.25, -0.2) is 0 Å². The predicted molar refractivity (Wildman–Crippen MR) is 61.0 cm³/mol. The summed E-state index contributed by atoms with van der Waals surface area (Å²) in [5.74, 6) is 0. The number of rotatable bonds is 8. The quantitative estimate of drug-likeness (QED) is 0.217. The van der Waals surface area contributed by atoms with Gasteiger partial charge in [-0.15, -0.1) is 0 Å². The standard InChI is InChI=1S/C5H10O5.C5H10O4/c6-1-3(8)5(10)4(9)2-7;6-2-1-4(8)5(9)3-7/h1,3-5,7-10H,2H2;2,4-5,7-9H,1,3H2. The third kappa shape index (κ3) is 9.62. The highest BCUT2D eigenvalue weighted by molar-refractivity contribution is 5.56. The SMILES string of the molecule is O=CC(O)C(O)C(O)CO.O=CCC(O)C(O)CO. The maximum atomic E-state index is 9.76. The van der Waals surface area contributed by atoms with E-state index < -0.39 is 43.7 Å². The van der Waals surface area contributed by atoms with E-state index in [9.17, 15) is 9.59 Å². The molecule has 0 bridgehead atoms. The Kier molecular flexibility index (Phi) is 13.0. The molecule has 5 atom stereocenters. The summed E-state index contributed by atoms with van der Waals surface area (Å²) in [4.78, 5) is 19.4. The lowest BCUT2D eigenvalue weighted by Gasteiger charge is -2.16. The first-order valence-electron chi connectivity index (χ1n) is 5.36. The van der Waals surface area contributed by atoms with Crippen LogP contribution < -0.4 is 0 Å². The molecule has 0 spiro atoms. The number of carbonyl (C=O) groups excluding carboxylic acids is 2. The van der Waals surface area contributed by atoms with Gasteiger partial charge in [0.05, 0.1) is 19.3 Å². The van der Waals surface area contributed by atoms with E-state index in [4.69, 9.17) is 35.7 Å². The minimum atomic E-state index is -1.64. The summed E-state index contributed by atoms with van der Waals surface area (Å²) in [7, 11) is 0. The fourth-order valence-electron chi connectivity index (χ4n) is 0.793. The van der Waals surface area contributed by atoms with E-state index in [1.807, 2.05) is 0 Å². The van der Waals surface area contributed by atoms with Crippen molar-refractivity contribution in [2.75, 3.05) is 13.2 Å². The average Bonchev–Trinajstić information content (AvgIpc) is 2.44. The molecule has 0 amide bonds. The third-order valence-electron chi connectivity index (χ3n) is 2.04. The van der Waals surface area contributed by atoms with Crippen LogP contribution in [0.3, 0.4) is 0 Å². The Morgan fingerprint density at radius 1 is 0.789 bits per heavy atom. The number of hydrogen-bond donors (Lipinski definition) is 7. The monoisotopic (exact) mass is 284 g/mol. The van der Waals surface area contributed by atoms with Crippen molar-refractivity contribution in [3.63, 3.8) is 0 Å². The fraction of sp³-hybridized carbons (Fsp3) is 0.800. The van der Waals surface area contributed by atoms with Crippen LogP contribution in [0.25, 0.3) is 0 Å². The van der Waals surface area contributed by atoms with Crippen molar-refractivity contribution in [1.82, 2.24) is 0 Å². The van der Waals surface area contributed by atoms with Gasteiger partial charge in [0.1, 0.15) is 30.7 Å². The highest BCUT2D eigenvalue weighted by Crippen LogP contribution is 1.96. The smallest absolute Gasteiger partial charge is 0.151 e. The molecule has 0 saturated carbocycles. The van der Waals surface area contributed by atoms with Crippen molar-refractivity contribution in [3.05, 3.63) is 0 Å². The van der Waals surface area contributed by atoms with Crippen molar-refractivity contribution in [2.24, 2.45) is 0 Å². The fourth-order valence-corrected chi connectivity index (χ4v) is 0.793. The number of aldehydes is 2. The van der Waals surface area contributed by atoms with Gasteiger partial charge in [0.25, 0.3) is 0 Å². The van der Waals surface area contributed by atoms with Gasteiger partial charge in [-0.3, -0.25) is 0 Å². The van der Waals surface area contributed by atoms with Crippen LogP contribution in [0.1, 0.15) is 6.42 Å². The molecule has 0 aliphatic carbocycles. The van der Waals surface area contributed by atoms with Gasteiger partial charge in [0.15, 0.2) is 6.29 Å². The van der Waals surface area contributed by atoms with E-state index in [1.54, 1.807) is 0 Å². The van der Waals surface area contributed by atoms with E-state index in [0.29, 0.717) is 6.29 Å². The van der Waals surface area contributed by atoms with Crippen LogP contribution >= 0.6 is 0 Å². The zero-order chi connectivity index (χ0) is 15.4. The molecule has 19 heavy (non-hydrogen) atoms. The van der Waals surface area contributed by atoms with Gasteiger partial charge < -0.3 is 45.3 Å². The first kappa shape index (κ1) is 20.4. The third-order valence-corrected chi connectivity index (χ3v) is 2.04. The molecule has 0 rings (SSSR count). The van der Waals surface area contributed by atoms with Crippen LogP contribution in [-0.4, -0.2) is 92.1 Å². The summed E-state index contributed by atoms with van der Waals surface area (Å²) in [6, 6.07) is 0. The van der Waals surface area contributed by atoms with Crippen molar-refractivity contribution < 1.29 is 45.3 Å². The minimum Gasteiger partial charge on any atom is -0.394 e. The molecule has 7 N–H and O–H groups in total. The number of hydrogen-bond acceptors (Lipinski definition) is 9. The molecule has 0 fully saturated rings. The first-order valence-corrected chi connectivity index (χ1v) is 5.36. The second kappa shape index (κ2) is 12.1. The van der Waals surface area contributed by atoms with Crippen LogP contribution in [0.2, 0.25) is 0 Å². The Morgan fingerprint density at radius 3 is 1.58 bits per heavy atom. The van der Waals surface area contributed by atoms with Gasteiger partial charge in [0, 0.05) is 6.42 Å². The van der Waals surface area contributed by atoms with E-state index >= 15 is 0 Å². The lowest BCUT2D eigenvalue weighted by atomic mass is 10.1. The summed E-state index contributed by atoms with van der Waals surface area (Å²) >= 11 is 0. The molecule has 0 aliphatic rings. The Hall–Kier alpha value is -0.940. The van der Waals surface area contributed by atoms with Crippen molar-refractivity contribution in [3.8, 4) is 0 Å².